The van der Waals surface area contributed by atoms with Gasteiger partial charge >= 0.3 is 0 Å². The van der Waals surface area contributed by atoms with Crippen molar-refractivity contribution in [3.8, 4) is 17.2 Å². The molecular weight excluding hydrogens is 354 g/mol. The van der Waals surface area contributed by atoms with Gasteiger partial charge in [-0.3, -0.25) is 4.79 Å². The number of amides is 1. The quantitative estimate of drug-likeness (QED) is 0.701. The number of aryl methyl sites for hydroxylation is 1. The van der Waals surface area contributed by atoms with Gasteiger partial charge in [-0.25, -0.2) is 0 Å². The van der Waals surface area contributed by atoms with Crippen molar-refractivity contribution < 1.29 is 19.0 Å². The molecule has 0 saturated heterocycles. The van der Waals surface area contributed by atoms with Gasteiger partial charge in [0.2, 0.25) is 0 Å². The molecule has 1 N–H and O–H groups in total. The van der Waals surface area contributed by atoms with Crippen molar-refractivity contribution in [3.63, 3.8) is 0 Å². The molecule has 5 nitrogen and oxygen atoms in total. The maximum atomic E-state index is 12.5. The maximum Gasteiger partial charge on any atom is 0.260 e. The molecule has 0 bridgehead atoms. The minimum absolute atomic E-state index is 0.141. The van der Waals surface area contributed by atoms with Crippen LogP contribution in [0.4, 0.5) is 0 Å². The molecule has 0 radical (unpaired) electrons. The van der Waals surface area contributed by atoms with Gasteiger partial charge in [0, 0.05) is 6.54 Å². The van der Waals surface area contributed by atoms with Gasteiger partial charge in [0.25, 0.3) is 5.91 Å². The first kappa shape index (κ1) is 21.6. The molecule has 2 aromatic rings. The van der Waals surface area contributed by atoms with E-state index >= 15 is 0 Å². The van der Waals surface area contributed by atoms with Gasteiger partial charge in [0.05, 0.1) is 14.2 Å². The van der Waals surface area contributed by atoms with Gasteiger partial charge in [-0.1, -0.05) is 26.0 Å². The number of rotatable bonds is 9. The second kappa shape index (κ2) is 10.0. The lowest BCUT2D eigenvalue weighted by Crippen LogP contribution is -2.37. The lowest BCUT2D eigenvalue weighted by Gasteiger charge is -2.19. The van der Waals surface area contributed by atoms with Crippen LogP contribution in [0.25, 0.3) is 0 Å². The van der Waals surface area contributed by atoms with Crippen molar-refractivity contribution in [1.82, 2.24) is 5.32 Å². The fraction of sp³-hybridized carbons (Fsp3) is 0.435. The van der Waals surface area contributed by atoms with Gasteiger partial charge < -0.3 is 19.5 Å². The topological polar surface area (TPSA) is 56.8 Å². The van der Waals surface area contributed by atoms with Crippen LogP contribution >= 0.6 is 0 Å². The van der Waals surface area contributed by atoms with Crippen LogP contribution in [0.5, 0.6) is 17.2 Å². The van der Waals surface area contributed by atoms with Gasteiger partial charge in [-0.15, -0.1) is 0 Å². The van der Waals surface area contributed by atoms with Crippen molar-refractivity contribution in [3.05, 3.63) is 53.1 Å². The van der Waals surface area contributed by atoms with E-state index in [0.29, 0.717) is 18.9 Å². The predicted octanol–water partition coefficient (Wildman–Crippen LogP) is 4.26. The van der Waals surface area contributed by atoms with E-state index < -0.39 is 6.10 Å². The highest BCUT2D eigenvalue weighted by atomic mass is 16.5. The van der Waals surface area contributed by atoms with Crippen LogP contribution in [0.1, 0.15) is 43.4 Å². The Hall–Kier alpha value is -2.69. The van der Waals surface area contributed by atoms with Crippen molar-refractivity contribution in [2.45, 2.75) is 46.1 Å². The average Bonchev–Trinajstić information content (AvgIpc) is 2.67. The fourth-order valence-corrected chi connectivity index (χ4v) is 3.01. The van der Waals surface area contributed by atoms with E-state index in [2.05, 4.69) is 31.3 Å². The van der Waals surface area contributed by atoms with E-state index in [1.165, 1.54) is 0 Å². The van der Waals surface area contributed by atoms with E-state index in [4.69, 9.17) is 14.2 Å². The minimum atomic E-state index is -0.577. The Bertz CT molecular complexity index is 801. The maximum absolute atomic E-state index is 12.5. The molecule has 1 atom stereocenters. The molecule has 1 unspecified atom stereocenters. The number of ether oxygens (including phenoxy) is 3. The normalized spacial score (nSPS) is 11.8. The Morgan fingerprint density at radius 3 is 2.39 bits per heavy atom. The lowest BCUT2D eigenvalue weighted by atomic mass is 10.0. The van der Waals surface area contributed by atoms with Crippen molar-refractivity contribution in [1.29, 1.82) is 0 Å². The number of methoxy groups -OCH3 is 2. The number of hydrogen-bond donors (Lipinski definition) is 1. The summed E-state index contributed by atoms with van der Waals surface area (Å²) in [5.41, 5.74) is 3.19. The summed E-state index contributed by atoms with van der Waals surface area (Å²) < 4.78 is 16.6. The largest absolute Gasteiger partial charge is 0.497 e. The van der Waals surface area contributed by atoms with Gasteiger partial charge in [-0.05, 0) is 67.1 Å². The Balaban J connectivity index is 1.96. The summed E-state index contributed by atoms with van der Waals surface area (Å²) >= 11 is 0. The molecule has 0 aliphatic rings. The third-order valence-electron chi connectivity index (χ3n) is 4.65. The molecular formula is C23H31NO4. The van der Waals surface area contributed by atoms with Crippen LogP contribution in [0.3, 0.4) is 0 Å². The molecule has 0 saturated carbocycles. The van der Waals surface area contributed by atoms with Crippen molar-refractivity contribution in [2.24, 2.45) is 0 Å². The molecule has 0 aliphatic carbocycles. The zero-order chi connectivity index (χ0) is 20.7. The van der Waals surface area contributed by atoms with Crippen LogP contribution in [0.15, 0.2) is 36.4 Å². The monoisotopic (exact) mass is 385 g/mol. The molecule has 2 rings (SSSR count). The third kappa shape index (κ3) is 5.65. The standard InChI is InChI=1S/C23H31NO4/c1-15(2)20-9-7-16(3)13-22(20)28-17(4)23(25)24-12-11-18-14-19(26-5)8-10-21(18)27-6/h7-10,13-15,17H,11-12H2,1-6H3,(H,24,25). The summed E-state index contributed by atoms with van der Waals surface area (Å²) in [4.78, 5) is 12.5. The molecule has 0 spiro atoms. The molecule has 152 valence electrons. The van der Waals surface area contributed by atoms with E-state index in [1.54, 1.807) is 21.1 Å². The summed E-state index contributed by atoms with van der Waals surface area (Å²) in [5.74, 6) is 2.50. The van der Waals surface area contributed by atoms with Crippen LogP contribution in [-0.2, 0) is 11.2 Å². The average molecular weight is 386 g/mol. The van der Waals surface area contributed by atoms with E-state index in [-0.39, 0.29) is 5.91 Å². The zero-order valence-electron chi connectivity index (χ0n) is 17.7. The lowest BCUT2D eigenvalue weighted by molar-refractivity contribution is -0.127. The number of benzene rings is 2. The summed E-state index contributed by atoms with van der Waals surface area (Å²) in [6, 6.07) is 11.8. The van der Waals surface area contributed by atoms with Gasteiger partial charge in [0.1, 0.15) is 17.2 Å². The highest BCUT2D eigenvalue weighted by Gasteiger charge is 2.17. The summed E-state index contributed by atoms with van der Waals surface area (Å²) in [6.07, 6.45) is 0.0621. The fourth-order valence-electron chi connectivity index (χ4n) is 3.01. The number of nitrogens with one attached hydrogen (secondary N) is 1. The van der Waals surface area contributed by atoms with Crippen LogP contribution in [0.2, 0.25) is 0 Å². The van der Waals surface area contributed by atoms with Crippen molar-refractivity contribution >= 4 is 5.91 Å². The van der Waals surface area contributed by atoms with Gasteiger partial charge in [0.15, 0.2) is 6.10 Å². The molecule has 0 heterocycles. The second-order valence-electron chi connectivity index (χ2n) is 7.17. The summed E-state index contributed by atoms with van der Waals surface area (Å²) in [6.45, 7) is 8.51. The van der Waals surface area contributed by atoms with Crippen LogP contribution < -0.4 is 19.5 Å². The highest BCUT2D eigenvalue weighted by molar-refractivity contribution is 5.80. The van der Waals surface area contributed by atoms with Gasteiger partial charge in [-0.2, -0.15) is 0 Å². The molecule has 5 heteroatoms. The Kier molecular flexibility index (Phi) is 7.73. The van der Waals surface area contributed by atoms with E-state index in [1.807, 2.05) is 31.2 Å². The zero-order valence-corrected chi connectivity index (χ0v) is 17.7. The minimum Gasteiger partial charge on any atom is -0.497 e. The Morgan fingerprint density at radius 1 is 1.00 bits per heavy atom. The van der Waals surface area contributed by atoms with E-state index in [0.717, 1.165) is 33.9 Å². The number of carbonyl (C=O) groups is 1. The Labute approximate surface area is 168 Å². The summed E-state index contributed by atoms with van der Waals surface area (Å²) in [7, 11) is 3.26. The molecule has 0 aromatic heterocycles. The molecule has 28 heavy (non-hydrogen) atoms. The van der Waals surface area contributed by atoms with Crippen LogP contribution in [-0.4, -0.2) is 32.8 Å². The highest BCUT2D eigenvalue weighted by Crippen LogP contribution is 2.28. The third-order valence-corrected chi connectivity index (χ3v) is 4.65. The molecule has 1 amide bonds. The first-order valence-corrected chi connectivity index (χ1v) is 9.61. The number of hydrogen-bond acceptors (Lipinski definition) is 4. The molecule has 0 aliphatic heterocycles. The van der Waals surface area contributed by atoms with Crippen LogP contribution in [0, 0.1) is 6.92 Å². The van der Waals surface area contributed by atoms with E-state index in [9.17, 15) is 4.79 Å². The summed E-state index contributed by atoms with van der Waals surface area (Å²) in [5, 5.41) is 2.94. The smallest absolute Gasteiger partial charge is 0.260 e. The first-order chi connectivity index (χ1) is 13.3. The predicted molar refractivity (Wildman–Crippen MR) is 112 cm³/mol. The van der Waals surface area contributed by atoms with Crippen molar-refractivity contribution in [2.75, 3.05) is 20.8 Å². The SMILES string of the molecule is COc1ccc(OC)c(CCNC(=O)C(C)Oc2cc(C)ccc2C(C)C)c1. The number of carbonyl (C=O) groups excluding carboxylic acids is 1. The molecule has 2 aromatic carbocycles. The second-order valence-corrected chi connectivity index (χ2v) is 7.17. The Morgan fingerprint density at radius 2 is 1.75 bits per heavy atom. The molecule has 0 fully saturated rings. The first-order valence-electron chi connectivity index (χ1n) is 9.61.